The topological polar surface area (TPSA) is 94.4 Å². The van der Waals surface area contributed by atoms with E-state index < -0.39 is 16.4 Å². The van der Waals surface area contributed by atoms with E-state index in [0.29, 0.717) is 10.6 Å². The highest BCUT2D eigenvalue weighted by Gasteiger charge is 2.35. The number of fused-ring (bicyclic) bond motifs is 1. The van der Waals surface area contributed by atoms with Gasteiger partial charge in [-0.2, -0.15) is 4.31 Å². The number of benzene rings is 2. The maximum absolute atomic E-state index is 12.3. The first kappa shape index (κ1) is 25.6. The second-order valence-electron chi connectivity index (χ2n) is 9.50. The molecule has 0 radical (unpaired) electrons. The molecule has 1 aliphatic carbocycles. The lowest BCUT2D eigenvalue weighted by molar-refractivity contribution is -0.140. The number of hydrogen-bond donors (Lipinski definition) is 1. The number of aryl methyl sites for hydroxylation is 1. The van der Waals surface area contributed by atoms with Crippen molar-refractivity contribution in [2.45, 2.75) is 63.5 Å². The van der Waals surface area contributed by atoms with E-state index in [1.165, 1.54) is 7.11 Å². The fourth-order valence-electron chi connectivity index (χ4n) is 5.06. The third-order valence-electron chi connectivity index (χ3n) is 7.18. The van der Waals surface area contributed by atoms with Crippen LogP contribution in [0.5, 0.6) is 0 Å². The van der Waals surface area contributed by atoms with Gasteiger partial charge in [-0.1, -0.05) is 54.3 Å². The van der Waals surface area contributed by atoms with Crippen LogP contribution in [-0.2, 0) is 34.0 Å². The molecule has 1 fully saturated rings. The number of methoxy groups -OCH3 is 1. The Balaban J connectivity index is 1.72. The number of rotatable bonds is 8. The normalized spacial score (nSPS) is 16.6. The summed E-state index contributed by atoms with van der Waals surface area (Å²) in [6.45, 7) is 2.21. The Morgan fingerprint density at radius 2 is 1.86 bits per heavy atom. The summed E-state index contributed by atoms with van der Waals surface area (Å²) in [6.07, 6.45) is 4.93. The van der Waals surface area contributed by atoms with Gasteiger partial charge in [0.05, 0.1) is 19.0 Å². The van der Waals surface area contributed by atoms with Crippen molar-refractivity contribution in [3.63, 3.8) is 0 Å². The third kappa shape index (κ3) is 5.52. The van der Waals surface area contributed by atoms with Crippen LogP contribution in [0.1, 0.15) is 68.1 Å². The maximum atomic E-state index is 12.3. The van der Waals surface area contributed by atoms with Crippen molar-refractivity contribution in [3.05, 3.63) is 58.1 Å². The van der Waals surface area contributed by atoms with E-state index in [9.17, 15) is 13.2 Å². The molecule has 1 aromatic heterocycles. The molecule has 1 unspecified atom stereocenters. The highest BCUT2D eigenvalue weighted by atomic mass is 35.5. The van der Waals surface area contributed by atoms with Gasteiger partial charge in [-0.05, 0) is 54.7 Å². The molecule has 0 aliphatic heterocycles. The van der Waals surface area contributed by atoms with Crippen molar-refractivity contribution in [1.82, 2.24) is 19.3 Å². The van der Waals surface area contributed by atoms with Crippen LogP contribution in [0.4, 0.5) is 0 Å². The Hall–Kier alpha value is -2.49. The van der Waals surface area contributed by atoms with E-state index in [1.807, 2.05) is 44.3 Å². The molecule has 4 rings (SSSR count). The molecule has 8 nitrogen and oxygen atoms in total. The van der Waals surface area contributed by atoms with Crippen LogP contribution in [0.25, 0.3) is 11.0 Å². The average Bonchev–Trinajstić information content (AvgIpc) is 3.22. The van der Waals surface area contributed by atoms with Gasteiger partial charge in [0.2, 0.25) is 10.9 Å². The van der Waals surface area contributed by atoms with Crippen LogP contribution in [0.2, 0.25) is 5.02 Å². The SMILES string of the molecule is COC(=O)CC(c1ccc(Cl)c(CN([SH](=O)=O)C2(C)CCCCC2)c1)c1ccc2c(c1)nnn2C. The molecular formula is C25H31ClN4O4S. The summed E-state index contributed by atoms with van der Waals surface area (Å²) >= 11 is 6.56. The number of ether oxygens (including phenoxy) is 1. The van der Waals surface area contributed by atoms with Crippen molar-refractivity contribution in [1.29, 1.82) is 0 Å². The van der Waals surface area contributed by atoms with Gasteiger partial charge >= 0.3 is 5.97 Å². The lowest BCUT2D eigenvalue weighted by Gasteiger charge is -2.40. The predicted octanol–water partition coefficient (Wildman–Crippen LogP) is 4.37. The number of carbonyl (C=O) groups excluding carboxylic acids is 1. The molecule has 1 heterocycles. The van der Waals surface area contributed by atoms with Crippen molar-refractivity contribution >= 4 is 39.5 Å². The first-order valence-electron chi connectivity index (χ1n) is 11.8. The summed E-state index contributed by atoms with van der Waals surface area (Å²) in [5.41, 5.74) is 3.66. The number of aromatic nitrogens is 3. The Morgan fingerprint density at radius 1 is 1.17 bits per heavy atom. The number of carbonyl (C=O) groups is 1. The van der Waals surface area contributed by atoms with Gasteiger partial charge in [0.25, 0.3) is 0 Å². The molecule has 1 aliphatic rings. The van der Waals surface area contributed by atoms with Crippen molar-refractivity contribution < 1.29 is 17.9 Å². The quantitative estimate of drug-likeness (QED) is 0.351. The smallest absolute Gasteiger partial charge is 0.306 e. The van der Waals surface area contributed by atoms with Gasteiger partial charge < -0.3 is 4.74 Å². The molecule has 0 saturated heterocycles. The Bertz CT molecular complexity index is 1290. The van der Waals surface area contributed by atoms with Crippen LogP contribution in [0.3, 0.4) is 0 Å². The predicted molar refractivity (Wildman–Crippen MR) is 136 cm³/mol. The molecule has 1 atom stereocenters. The van der Waals surface area contributed by atoms with Crippen LogP contribution in [-0.4, -0.2) is 46.3 Å². The molecule has 35 heavy (non-hydrogen) atoms. The van der Waals surface area contributed by atoms with Gasteiger partial charge in [-0.25, -0.2) is 13.1 Å². The van der Waals surface area contributed by atoms with Crippen LogP contribution >= 0.6 is 11.6 Å². The number of hydrogen-bond acceptors (Lipinski definition) is 6. The summed E-state index contributed by atoms with van der Waals surface area (Å²) in [5.74, 6) is -0.658. The first-order chi connectivity index (χ1) is 16.7. The summed E-state index contributed by atoms with van der Waals surface area (Å²) in [6, 6.07) is 11.4. The lowest BCUT2D eigenvalue weighted by atomic mass is 9.83. The fraction of sp³-hybridized carbons (Fsp3) is 0.480. The zero-order valence-electron chi connectivity index (χ0n) is 20.2. The summed E-state index contributed by atoms with van der Waals surface area (Å²) in [5, 5.41) is 8.77. The van der Waals surface area contributed by atoms with Crippen molar-refractivity contribution in [3.8, 4) is 0 Å². The van der Waals surface area contributed by atoms with Crippen LogP contribution in [0, 0.1) is 0 Å². The maximum Gasteiger partial charge on any atom is 0.306 e. The van der Waals surface area contributed by atoms with Crippen LogP contribution < -0.4 is 0 Å². The standard InChI is InChI=1S/C25H31ClN4O4S/c1-25(11-5-4-6-12-25)30(35(32)33)16-19-13-17(7-9-21(19)26)20(15-24(31)34-3)18-8-10-23-22(14-18)27-28-29(23)2/h7-10,13-14,20,35H,4-6,11-12,15-16H2,1-3H3. The molecular weight excluding hydrogens is 488 g/mol. The summed E-state index contributed by atoms with van der Waals surface area (Å²) in [7, 11) is 0.401. The van der Waals surface area contributed by atoms with Crippen molar-refractivity contribution in [2.24, 2.45) is 7.05 Å². The third-order valence-corrected chi connectivity index (χ3v) is 8.57. The number of halogens is 1. The minimum absolute atomic E-state index is 0.126. The van der Waals surface area contributed by atoms with Crippen molar-refractivity contribution in [2.75, 3.05) is 7.11 Å². The van der Waals surface area contributed by atoms with Gasteiger partial charge in [0, 0.05) is 30.1 Å². The zero-order valence-corrected chi connectivity index (χ0v) is 21.9. The Labute approximate surface area is 212 Å². The molecule has 0 amide bonds. The monoisotopic (exact) mass is 518 g/mol. The highest BCUT2D eigenvalue weighted by molar-refractivity contribution is 7.69. The average molecular weight is 519 g/mol. The van der Waals surface area contributed by atoms with E-state index in [1.54, 1.807) is 15.1 Å². The molecule has 3 aromatic rings. The zero-order chi connectivity index (χ0) is 25.2. The summed E-state index contributed by atoms with van der Waals surface area (Å²) in [4.78, 5) is 12.3. The molecule has 0 N–H and O–H groups in total. The van der Waals surface area contributed by atoms with E-state index in [2.05, 4.69) is 10.3 Å². The Morgan fingerprint density at radius 3 is 2.54 bits per heavy atom. The second kappa shape index (κ2) is 10.6. The number of thiol groups is 1. The lowest BCUT2D eigenvalue weighted by Crippen LogP contribution is -2.46. The van der Waals surface area contributed by atoms with E-state index >= 15 is 0 Å². The summed E-state index contributed by atoms with van der Waals surface area (Å²) < 4.78 is 32.9. The van der Waals surface area contributed by atoms with Gasteiger partial charge in [-0.3, -0.25) is 4.79 Å². The van der Waals surface area contributed by atoms with Gasteiger partial charge in [0.15, 0.2) is 0 Å². The van der Waals surface area contributed by atoms with E-state index in [4.69, 9.17) is 16.3 Å². The molecule has 1 saturated carbocycles. The fourth-order valence-corrected chi connectivity index (χ4v) is 6.10. The minimum Gasteiger partial charge on any atom is -0.469 e. The van der Waals surface area contributed by atoms with Gasteiger partial charge in [0.1, 0.15) is 5.52 Å². The van der Waals surface area contributed by atoms with E-state index in [0.717, 1.165) is 54.3 Å². The highest BCUT2D eigenvalue weighted by Crippen LogP contribution is 2.37. The molecule has 10 heteroatoms. The first-order valence-corrected chi connectivity index (χ1v) is 13.3. The molecule has 2 aromatic carbocycles. The Kier molecular flexibility index (Phi) is 7.78. The number of nitrogens with zero attached hydrogens (tertiary/aromatic N) is 4. The largest absolute Gasteiger partial charge is 0.469 e. The molecule has 188 valence electrons. The van der Waals surface area contributed by atoms with Gasteiger partial charge in [-0.15, -0.1) is 5.10 Å². The van der Waals surface area contributed by atoms with E-state index in [-0.39, 0.29) is 24.9 Å². The number of esters is 1. The second-order valence-corrected chi connectivity index (χ2v) is 10.9. The molecule has 0 spiro atoms. The van der Waals surface area contributed by atoms with Crippen LogP contribution in [0.15, 0.2) is 36.4 Å². The molecule has 0 bridgehead atoms. The minimum atomic E-state index is -2.79.